The van der Waals surface area contributed by atoms with Gasteiger partial charge < -0.3 is 5.73 Å². The van der Waals surface area contributed by atoms with Gasteiger partial charge in [0.05, 0.1) is 6.04 Å². The molecule has 0 saturated heterocycles. The van der Waals surface area contributed by atoms with Gasteiger partial charge >= 0.3 is 0 Å². The molecule has 1 aromatic rings. The average Bonchev–Trinajstić information content (AvgIpc) is 2.32. The topological polar surface area (TPSA) is 43.1 Å². The summed E-state index contributed by atoms with van der Waals surface area (Å²) in [6.45, 7) is 4.04. The maximum absolute atomic E-state index is 11.6. The lowest BCUT2D eigenvalue weighted by atomic mass is 10.0. The van der Waals surface area contributed by atoms with Crippen LogP contribution in [-0.4, -0.2) is 11.8 Å². The largest absolute Gasteiger partial charge is 0.321 e. The van der Waals surface area contributed by atoms with Crippen molar-refractivity contribution in [3.05, 3.63) is 34.4 Å². The van der Waals surface area contributed by atoms with Crippen molar-refractivity contribution in [1.82, 2.24) is 0 Å². The van der Waals surface area contributed by atoms with Crippen LogP contribution in [-0.2, 0) is 6.42 Å². The Morgan fingerprint density at radius 1 is 1.38 bits per heavy atom. The van der Waals surface area contributed by atoms with E-state index in [0.717, 1.165) is 16.7 Å². The summed E-state index contributed by atoms with van der Waals surface area (Å²) < 4.78 is 0. The number of aryl methyl sites for hydroxylation is 2. The van der Waals surface area contributed by atoms with Crippen molar-refractivity contribution in [3.63, 3.8) is 0 Å². The molecular weight excluding hydrogens is 162 g/mol. The number of ketones is 1. The Labute approximate surface area is 77.8 Å². The third-order valence-corrected chi connectivity index (χ3v) is 2.64. The summed E-state index contributed by atoms with van der Waals surface area (Å²) in [5.41, 5.74) is 10.0. The molecule has 0 radical (unpaired) electrons. The van der Waals surface area contributed by atoms with E-state index < -0.39 is 0 Å². The molecule has 0 amide bonds. The first-order valence-corrected chi connectivity index (χ1v) is 4.49. The number of carbonyl (C=O) groups is 1. The van der Waals surface area contributed by atoms with E-state index in [1.54, 1.807) is 0 Å². The van der Waals surface area contributed by atoms with Gasteiger partial charge in [-0.15, -0.1) is 0 Å². The van der Waals surface area contributed by atoms with Crippen LogP contribution in [0.5, 0.6) is 0 Å². The fraction of sp³-hybridized carbons (Fsp3) is 0.364. The first kappa shape index (κ1) is 8.45. The molecule has 1 aromatic carbocycles. The van der Waals surface area contributed by atoms with E-state index in [4.69, 9.17) is 5.73 Å². The number of hydrogen-bond acceptors (Lipinski definition) is 2. The van der Waals surface area contributed by atoms with Crippen molar-refractivity contribution < 1.29 is 4.79 Å². The minimum absolute atomic E-state index is 0.0989. The van der Waals surface area contributed by atoms with Crippen LogP contribution in [0.15, 0.2) is 12.1 Å². The van der Waals surface area contributed by atoms with E-state index in [2.05, 4.69) is 6.07 Å². The molecule has 2 nitrogen and oxygen atoms in total. The van der Waals surface area contributed by atoms with Crippen molar-refractivity contribution in [2.75, 3.05) is 0 Å². The van der Waals surface area contributed by atoms with E-state index in [-0.39, 0.29) is 11.8 Å². The van der Waals surface area contributed by atoms with Crippen molar-refractivity contribution in [1.29, 1.82) is 0 Å². The lowest BCUT2D eigenvalue weighted by Crippen LogP contribution is -2.26. The van der Waals surface area contributed by atoms with Crippen LogP contribution in [0.2, 0.25) is 0 Å². The van der Waals surface area contributed by atoms with E-state index in [0.29, 0.717) is 6.42 Å². The third kappa shape index (κ3) is 1.18. The maximum atomic E-state index is 11.6. The van der Waals surface area contributed by atoms with Crippen LogP contribution < -0.4 is 5.73 Å². The van der Waals surface area contributed by atoms with Crippen LogP contribution in [0.25, 0.3) is 0 Å². The molecule has 2 rings (SSSR count). The SMILES string of the molecule is Cc1cc(C)c2c(c1)C(=O)C(N)C2. The monoisotopic (exact) mass is 175 g/mol. The highest BCUT2D eigenvalue weighted by molar-refractivity contribution is 6.04. The van der Waals surface area contributed by atoms with Gasteiger partial charge in [0.2, 0.25) is 0 Å². The molecule has 1 aliphatic carbocycles. The number of benzene rings is 1. The van der Waals surface area contributed by atoms with Gasteiger partial charge in [0.1, 0.15) is 0 Å². The van der Waals surface area contributed by atoms with Gasteiger partial charge in [-0.25, -0.2) is 0 Å². The average molecular weight is 175 g/mol. The Hall–Kier alpha value is -1.15. The predicted octanol–water partition coefficient (Wildman–Crippen LogP) is 1.37. The maximum Gasteiger partial charge on any atom is 0.180 e. The Morgan fingerprint density at radius 2 is 2.08 bits per heavy atom. The molecule has 0 heterocycles. The Balaban J connectivity index is 2.64. The lowest BCUT2D eigenvalue weighted by molar-refractivity contribution is 0.0974. The van der Waals surface area contributed by atoms with Crippen molar-refractivity contribution in [3.8, 4) is 0 Å². The fourth-order valence-electron chi connectivity index (χ4n) is 2.00. The molecule has 1 unspecified atom stereocenters. The standard InChI is InChI=1S/C11H13NO/c1-6-3-7(2)8-5-10(12)11(13)9(8)4-6/h3-4,10H,5,12H2,1-2H3. The van der Waals surface area contributed by atoms with Crippen LogP contribution in [0, 0.1) is 13.8 Å². The Morgan fingerprint density at radius 3 is 2.77 bits per heavy atom. The minimum atomic E-state index is -0.310. The highest BCUT2D eigenvalue weighted by Gasteiger charge is 2.28. The number of fused-ring (bicyclic) bond motifs is 1. The highest BCUT2D eigenvalue weighted by atomic mass is 16.1. The zero-order chi connectivity index (χ0) is 9.59. The summed E-state index contributed by atoms with van der Waals surface area (Å²) >= 11 is 0. The first-order valence-electron chi connectivity index (χ1n) is 4.49. The van der Waals surface area contributed by atoms with Gasteiger partial charge in [0.15, 0.2) is 5.78 Å². The molecule has 0 aliphatic heterocycles. The summed E-state index contributed by atoms with van der Waals surface area (Å²) in [5.74, 6) is 0.0989. The summed E-state index contributed by atoms with van der Waals surface area (Å²) in [6.07, 6.45) is 0.709. The molecule has 0 aromatic heterocycles. The van der Waals surface area contributed by atoms with Gasteiger partial charge in [-0.2, -0.15) is 0 Å². The lowest BCUT2D eigenvalue weighted by Gasteiger charge is -2.03. The highest BCUT2D eigenvalue weighted by Crippen LogP contribution is 2.25. The summed E-state index contributed by atoms with van der Waals surface area (Å²) in [7, 11) is 0. The second kappa shape index (κ2) is 2.67. The van der Waals surface area contributed by atoms with E-state index in [1.165, 1.54) is 5.56 Å². The zero-order valence-corrected chi connectivity index (χ0v) is 7.92. The van der Waals surface area contributed by atoms with E-state index in [9.17, 15) is 4.79 Å². The number of carbonyl (C=O) groups excluding carboxylic acids is 1. The van der Waals surface area contributed by atoms with Crippen LogP contribution >= 0.6 is 0 Å². The number of nitrogens with two attached hydrogens (primary N) is 1. The normalized spacial score (nSPS) is 20.5. The van der Waals surface area contributed by atoms with Crippen LogP contribution in [0.1, 0.15) is 27.0 Å². The second-order valence-corrected chi connectivity index (χ2v) is 3.78. The number of Topliss-reactive ketones (excluding diaryl/α,β-unsaturated/α-hetero) is 1. The van der Waals surface area contributed by atoms with Crippen LogP contribution in [0.4, 0.5) is 0 Å². The summed E-state index contributed by atoms with van der Waals surface area (Å²) in [5, 5.41) is 0. The van der Waals surface area contributed by atoms with Crippen LogP contribution in [0.3, 0.4) is 0 Å². The molecular formula is C11H13NO. The predicted molar refractivity (Wildman–Crippen MR) is 51.9 cm³/mol. The molecule has 1 atom stereocenters. The third-order valence-electron chi connectivity index (χ3n) is 2.64. The van der Waals surface area contributed by atoms with Crippen molar-refractivity contribution in [2.45, 2.75) is 26.3 Å². The Bertz CT molecular complexity index is 382. The van der Waals surface area contributed by atoms with Crippen molar-refractivity contribution in [2.24, 2.45) is 5.73 Å². The van der Waals surface area contributed by atoms with E-state index in [1.807, 2.05) is 19.9 Å². The molecule has 0 fully saturated rings. The zero-order valence-electron chi connectivity index (χ0n) is 7.92. The van der Waals surface area contributed by atoms with Gasteiger partial charge in [0.25, 0.3) is 0 Å². The minimum Gasteiger partial charge on any atom is -0.321 e. The number of rotatable bonds is 0. The second-order valence-electron chi connectivity index (χ2n) is 3.78. The van der Waals surface area contributed by atoms with Gasteiger partial charge in [0, 0.05) is 5.56 Å². The molecule has 0 saturated carbocycles. The van der Waals surface area contributed by atoms with Gasteiger partial charge in [-0.05, 0) is 37.5 Å². The van der Waals surface area contributed by atoms with Gasteiger partial charge in [-0.1, -0.05) is 11.6 Å². The molecule has 2 N–H and O–H groups in total. The molecule has 2 heteroatoms. The number of hydrogen-bond donors (Lipinski definition) is 1. The van der Waals surface area contributed by atoms with Gasteiger partial charge in [-0.3, -0.25) is 4.79 Å². The van der Waals surface area contributed by atoms with Crippen molar-refractivity contribution >= 4 is 5.78 Å². The Kier molecular flexibility index (Phi) is 1.74. The summed E-state index contributed by atoms with van der Waals surface area (Å²) in [4.78, 5) is 11.6. The molecule has 13 heavy (non-hydrogen) atoms. The first-order chi connectivity index (χ1) is 6.09. The smallest absolute Gasteiger partial charge is 0.180 e. The van der Waals surface area contributed by atoms with E-state index >= 15 is 0 Å². The molecule has 0 spiro atoms. The fourth-order valence-corrected chi connectivity index (χ4v) is 2.00. The summed E-state index contributed by atoms with van der Waals surface area (Å²) in [6, 6.07) is 3.73. The molecule has 0 bridgehead atoms. The molecule has 1 aliphatic rings. The molecule has 68 valence electrons. The quantitative estimate of drug-likeness (QED) is 0.647.